The smallest absolute Gasteiger partial charge is 0.330 e. The largest absolute Gasteiger partial charge is 0.478 e. The molecule has 3 heteroatoms. The molecule has 0 heterocycles. The van der Waals surface area contributed by atoms with Crippen LogP contribution in [-0.2, 0) is 4.79 Å². The summed E-state index contributed by atoms with van der Waals surface area (Å²) in [6, 6.07) is 0. The topological polar surface area (TPSA) is 57.5 Å². The maximum Gasteiger partial charge on any atom is 0.330 e. The van der Waals surface area contributed by atoms with E-state index in [9.17, 15) is 9.90 Å². The van der Waals surface area contributed by atoms with Crippen molar-refractivity contribution in [2.75, 3.05) is 0 Å². The molecule has 4 aliphatic carbocycles. The summed E-state index contributed by atoms with van der Waals surface area (Å²) in [5, 5.41) is 20.1. The Morgan fingerprint density at radius 3 is 2.33 bits per heavy atom. The molecule has 4 saturated carbocycles. The molecule has 3 atom stereocenters. The first-order valence-electron chi connectivity index (χ1n) is 6.84. The molecule has 4 rings (SSSR count). The molecule has 0 aliphatic heterocycles. The summed E-state index contributed by atoms with van der Waals surface area (Å²) in [7, 11) is 0. The van der Waals surface area contributed by atoms with Gasteiger partial charge in [-0.15, -0.1) is 0 Å². The number of hydrogen-bond acceptors (Lipinski definition) is 2. The Morgan fingerprint density at radius 2 is 1.89 bits per heavy atom. The Bertz CT molecular complexity index is 411. The summed E-state index contributed by atoms with van der Waals surface area (Å²) in [4.78, 5) is 11.1. The summed E-state index contributed by atoms with van der Waals surface area (Å²) in [5.74, 6) is 1.76. The lowest BCUT2D eigenvalue weighted by atomic mass is 9.43. The molecule has 2 N–H and O–H groups in total. The van der Waals surface area contributed by atoms with E-state index in [0.717, 1.165) is 25.7 Å². The van der Waals surface area contributed by atoms with Crippen molar-refractivity contribution >= 4 is 5.97 Å². The van der Waals surface area contributed by atoms with Crippen molar-refractivity contribution in [1.82, 2.24) is 0 Å². The molecular weight excluding hydrogens is 228 g/mol. The zero-order chi connectivity index (χ0) is 13.1. The van der Waals surface area contributed by atoms with Crippen LogP contribution in [0.15, 0.2) is 11.6 Å². The first-order valence-corrected chi connectivity index (χ1v) is 6.84. The van der Waals surface area contributed by atoms with Crippen LogP contribution in [0, 0.1) is 23.2 Å². The summed E-state index contributed by atoms with van der Waals surface area (Å²) in [6.07, 6.45) is 6.91. The lowest BCUT2D eigenvalue weighted by Gasteiger charge is -2.63. The fourth-order valence-electron chi connectivity index (χ4n) is 4.68. The van der Waals surface area contributed by atoms with Crippen molar-refractivity contribution in [3.05, 3.63) is 17.6 Å². The molecule has 0 saturated heterocycles. The Hall–Kier alpha value is -0.830. The van der Waals surface area contributed by atoms with Crippen LogP contribution in [-0.4, -0.2) is 21.8 Å². The van der Waals surface area contributed by atoms with Gasteiger partial charge in [-0.05, 0) is 56.8 Å². The molecule has 0 spiro atoms. The van der Waals surface area contributed by atoms with Gasteiger partial charge in [0, 0.05) is 11.0 Å². The number of aliphatic carboxylic acids is 1. The molecule has 99 valence electrons. The van der Waals surface area contributed by atoms with Crippen LogP contribution >= 0.6 is 0 Å². The zero-order valence-electron chi connectivity index (χ0n) is 11.1. The Labute approximate surface area is 108 Å². The normalized spacial score (nSPS) is 47.6. The van der Waals surface area contributed by atoms with Crippen LogP contribution in [0.1, 0.15) is 46.0 Å². The van der Waals surface area contributed by atoms with Crippen LogP contribution in [0.4, 0.5) is 0 Å². The van der Waals surface area contributed by atoms with E-state index in [1.54, 1.807) is 6.92 Å². The van der Waals surface area contributed by atoms with Gasteiger partial charge in [0.1, 0.15) is 0 Å². The number of hydrogen-bond donors (Lipinski definition) is 2. The summed E-state index contributed by atoms with van der Waals surface area (Å²) in [6.45, 7) is 3.66. The van der Waals surface area contributed by atoms with Gasteiger partial charge in [-0.25, -0.2) is 4.79 Å². The second-order valence-electron chi connectivity index (χ2n) is 6.75. The molecule has 4 bridgehead atoms. The standard InChI is InChI=1S/C15H21O3/c1-9(13(16)17)6-14(2)12-4-10-3-11(5-12)8-15(14,18)7-10/h6,10-11,18H,3-5,7-8H2,1-2H3,(H,16,17). The molecule has 0 amide bonds. The minimum Gasteiger partial charge on any atom is -0.478 e. The highest BCUT2D eigenvalue weighted by molar-refractivity contribution is 5.86. The first kappa shape index (κ1) is 12.2. The van der Waals surface area contributed by atoms with Crippen molar-refractivity contribution in [2.45, 2.75) is 51.6 Å². The van der Waals surface area contributed by atoms with Crippen LogP contribution in [0.25, 0.3) is 0 Å². The fourth-order valence-corrected chi connectivity index (χ4v) is 4.68. The Balaban J connectivity index is 2.01. The average Bonchev–Trinajstić information content (AvgIpc) is 2.24. The minimum atomic E-state index is -0.880. The number of rotatable bonds is 2. The van der Waals surface area contributed by atoms with Crippen molar-refractivity contribution in [3.63, 3.8) is 0 Å². The maximum absolute atomic E-state index is 11.1. The first-order chi connectivity index (χ1) is 8.34. The van der Waals surface area contributed by atoms with E-state index in [2.05, 4.69) is 0 Å². The van der Waals surface area contributed by atoms with Gasteiger partial charge in [-0.3, -0.25) is 0 Å². The van der Waals surface area contributed by atoms with E-state index in [1.807, 2.05) is 13.0 Å². The molecular formula is C15H21O3. The number of carbonyl (C=O) groups is 1. The monoisotopic (exact) mass is 249 g/mol. The van der Waals surface area contributed by atoms with Gasteiger partial charge in [-0.2, -0.15) is 0 Å². The molecule has 4 aliphatic rings. The molecule has 1 radical (unpaired) electrons. The van der Waals surface area contributed by atoms with Crippen molar-refractivity contribution in [2.24, 2.45) is 17.3 Å². The average molecular weight is 249 g/mol. The van der Waals surface area contributed by atoms with E-state index in [1.165, 1.54) is 12.3 Å². The maximum atomic E-state index is 11.1. The third kappa shape index (κ3) is 1.49. The lowest BCUT2D eigenvalue weighted by molar-refractivity contribution is -0.153. The second-order valence-corrected chi connectivity index (χ2v) is 6.75. The number of carboxylic acid groups (broad SMARTS) is 1. The van der Waals surface area contributed by atoms with Crippen molar-refractivity contribution < 1.29 is 15.0 Å². The zero-order valence-corrected chi connectivity index (χ0v) is 11.1. The van der Waals surface area contributed by atoms with Crippen LogP contribution < -0.4 is 0 Å². The highest BCUT2D eigenvalue weighted by Gasteiger charge is 2.62. The van der Waals surface area contributed by atoms with Gasteiger partial charge < -0.3 is 10.2 Å². The number of aliphatic hydroxyl groups is 1. The van der Waals surface area contributed by atoms with Gasteiger partial charge >= 0.3 is 5.97 Å². The van der Waals surface area contributed by atoms with E-state index >= 15 is 0 Å². The highest BCUT2D eigenvalue weighted by atomic mass is 16.4. The van der Waals surface area contributed by atoms with Gasteiger partial charge in [-0.1, -0.05) is 13.0 Å². The number of carboxylic acids is 1. The summed E-state index contributed by atoms with van der Waals surface area (Å²) in [5.41, 5.74) is -0.780. The third-order valence-corrected chi connectivity index (χ3v) is 5.53. The van der Waals surface area contributed by atoms with E-state index in [4.69, 9.17) is 5.11 Å². The molecule has 3 unspecified atom stereocenters. The van der Waals surface area contributed by atoms with Crippen molar-refractivity contribution in [1.29, 1.82) is 0 Å². The molecule has 0 aromatic carbocycles. The van der Waals surface area contributed by atoms with Gasteiger partial charge in [0.25, 0.3) is 0 Å². The minimum absolute atomic E-state index is 0.353. The van der Waals surface area contributed by atoms with Gasteiger partial charge in [0.15, 0.2) is 0 Å². The SMILES string of the molecule is CC(=CC1(C)[C]2CC3CC(C2)CC1(O)C3)C(=O)O. The van der Waals surface area contributed by atoms with Gasteiger partial charge in [0.2, 0.25) is 0 Å². The van der Waals surface area contributed by atoms with Crippen molar-refractivity contribution in [3.8, 4) is 0 Å². The second kappa shape index (κ2) is 3.60. The molecule has 0 aromatic rings. The summed E-state index contributed by atoms with van der Waals surface area (Å²) >= 11 is 0. The van der Waals surface area contributed by atoms with E-state index < -0.39 is 17.0 Å². The Morgan fingerprint density at radius 1 is 1.33 bits per heavy atom. The highest BCUT2D eigenvalue weighted by Crippen LogP contribution is 2.65. The van der Waals surface area contributed by atoms with Crippen LogP contribution in [0.3, 0.4) is 0 Å². The molecule has 18 heavy (non-hydrogen) atoms. The van der Waals surface area contributed by atoms with Gasteiger partial charge in [0.05, 0.1) is 5.60 Å². The van der Waals surface area contributed by atoms with E-state index in [0.29, 0.717) is 17.4 Å². The Kier molecular flexibility index (Phi) is 2.44. The predicted molar refractivity (Wildman–Crippen MR) is 67.8 cm³/mol. The lowest BCUT2D eigenvalue weighted by Crippen LogP contribution is -2.61. The molecule has 0 aromatic heterocycles. The third-order valence-electron chi connectivity index (χ3n) is 5.53. The fraction of sp³-hybridized carbons (Fsp3) is 0.733. The van der Waals surface area contributed by atoms with Crippen LogP contribution in [0.2, 0.25) is 0 Å². The molecule has 3 nitrogen and oxygen atoms in total. The molecule has 4 fully saturated rings. The predicted octanol–water partition coefficient (Wildman–Crippen LogP) is 2.55. The van der Waals surface area contributed by atoms with E-state index in [-0.39, 0.29) is 0 Å². The van der Waals surface area contributed by atoms with Crippen LogP contribution in [0.5, 0.6) is 0 Å². The quantitative estimate of drug-likeness (QED) is 0.739. The summed E-state index contributed by atoms with van der Waals surface area (Å²) < 4.78 is 0.